The second kappa shape index (κ2) is 7.53. The van der Waals surface area contributed by atoms with Gasteiger partial charge in [-0.15, -0.1) is 0 Å². The minimum Gasteiger partial charge on any atom is -0.478 e. The molecule has 160 valence electrons. The molecule has 0 aromatic heterocycles. The van der Waals surface area contributed by atoms with E-state index in [-0.39, 0.29) is 17.9 Å². The highest BCUT2D eigenvalue weighted by Crippen LogP contribution is 2.57. The van der Waals surface area contributed by atoms with Gasteiger partial charge in [-0.3, -0.25) is 0 Å². The molecule has 0 radical (unpaired) electrons. The lowest BCUT2D eigenvalue weighted by atomic mass is 9.71. The molecule has 0 bridgehead atoms. The van der Waals surface area contributed by atoms with Crippen molar-refractivity contribution in [3.05, 3.63) is 112 Å². The number of benzene rings is 3. The average Bonchev–Trinajstić information content (AvgIpc) is 3.30. The highest BCUT2D eigenvalue weighted by atomic mass is 35.5. The molecule has 4 unspecified atom stereocenters. The lowest BCUT2D eigenvalue weighted by molar-refractivity contribution is 0.0696. The van der Waals surface area contributed by atoms with Crippen molar-refractivity contribution in [1.82, 2.24) is 0 Å². The van der Waals surface area contributed by atoms with Crippen LogP contribution in [-0.2, 0) is 0 Å². The summed E-state index contributed by atoms with van der Waals surface area (Å²) < 4.78 is 0. The van der Waals surface area contributed by atoms with Crippen LogP contribution in [0, 0.1) is 5.92 Å². The van der Waals surface area contributed by atoms with Crippen molar-refractivity contribution >= 4 is 23.3 Å². The van der Waals surface area contributed by atoms with E-state index in [0.717, 1.165) is 30.0 Å². The summed E-state index contributed by atoms with van der Waals surface area (Å²) in [6, 6.07) is 22.9. The van der Waals surface area contributed by atoms with E-state index in [1.807, 2.05) is 30.3 Å². The minimum atomic E-state index is -0.855. The highest BCUT2D eigenvalue weighted by molar-refractivity contribution is 6.30. The number of rotatable bonds is 3. The van der Waals surface area contributed by atoms with E-state index < -0.39 is 5.97 Å². The van der Waals surface area contributed by atoms with Crippen LogP contribution in [0.1, 0.15) is 63.3 Å². The Balaban J connectivity index is 1.58. The van der Waals surface area contributed by atoms with Crippen molar-refractivity contribution in [3.63, 3.8) is 0 Å². The molecule has 6 rings (SSSR count). The number of fused-ring (bicyclic) bond motifs is 2. The number of allylic oxidation sites excluding steroid dienone is 2. The maximum absolute atomic E-state index is 12.1. The lowest BCUT2D eigenvalue weighted by Gasteiger charge is -2.50. The molecule has 2 aliphatic heterocycles. The number of halogens is 1. The van der Waals surface area contributed by atoms with E-state index in [1.165, 1.54) is 22.4 Å². The molecule has 4 heteroatoms. The normalized spacial score (nSPS) is 25.3. The van der Waals surface area contributed by atoms with Crippen molar-refractivity contribution < 1.29 is 9.90 Å². The van der Waals surface area contributed by atoms with Crippen molar-refractivity contribution in [2.75, 3.05) is 11.4 Å². The van der Waals surface area contributed by atoms with Crippen molar-refractivity contribution in [2.24, 2.45) is 5.92 Å². The van der Waals surface area contributed by atoms with Gasteiger partial charge in [-0.2, -0.15) is 0 Å². The molecule has 4 atom stereocenters. The second-order valence-electron chi connectivity index (χ2n) is 9.10. The third-order valence-corrected chi connectivity index (χ3v) is 7.72. The van der Waals surface area contributed by atoms with Crippen molar-refractivity contribution in [3.8, 4) is 0 Å². The van der Waals surface area contributed by atoms with Gasteiger partial charge in [-0.1, -0.05) is 66.2 Å². The molecule has 3 aromatic rings. The molecule has 0 saturated carbocycles. The zero-order valence-electron chi connectivity index (χ0n) is 17.6. The fourth-order valence-electron chi connectivity index (χ4n) is 6.15. The van der Waals surface area contributed by atoms with E-state index in [4.69, 9.17) is 11.6 Å². The van der Waals surface area contributed by atoms with Crippen LogP contribution in [0.4, 0.5) is 5.69 Å². The fraction of sp³-hybridized carbons (Fsp3) is 0.250. The largest absolute Gasteiger partial charge is 0.478 e. The fourth-order valence-corrected chi connectivity index (χ4v) is 6.28. The van der Waals surface area contributed by atoms with Crippen LogP contribution >= 0.6 is 11.6 Å². The number of anilines is 1. The standard InChI is InChI=1S/C28H24ClNO2/c29-20-11-9-18(10-12-20)26-23-8-4-7-22(23)25-16-19(28(31)32)15-24-21(13-14-30(26)27(24)25)17-5-2-1-3-6-17/h1-7,9-12,15-16,21-23,26H,8,13-14H2,(H,31,32). The zero-order valence-corrected chi connectivity index (χ0v) is 18.4. The first-order valence-electron chi connectivity index (χ1n) is 11.3. The molecular weight excluding hydrogens is 418 g/mol. The second-order valence-corrected chi connectivity index (χ2v) is 9.54. The van der Waals surface area contributed by atoms with Crippen LogP contribution in [0.3, 0.4) is 0 Å². The van der Waals surface area contributed by atoms with E-state index in [2.05, 4.69) is 53.5 Å². The number of carbonyl (C=O) groups is 1. The van der Waals surface area contributed by atoms with Gasteiger partial charge in [0.15, 0.2) is 0 Å². The number of hydrogen-bond donors (Lipinski definition) is 1. The molecule has 0 saturated heterocycles. The predicted octanol–water partition coefficient (Wildman–Crippen LogP) is 6.79. The summed E-state index contributed by atoms with van der Waals surface area (Å²) in [6.45, 7) is 0.947. The Hall–Kier alpha value is -3.04. The summed E-state index contributed by atoms with van der Waals surface area (Å²) in [5, 5.41) is 10.7. The Bertz CT molecular complexity index is 1220. The molecule has 2 heterocycles. The predicted molar refractivity (Wildman–Crippen MR) is 128 cm³/mol. The quantitative estimate of drug-likeness (QED) is 0.454. The van der Waals surface area contributed by atoms with Gasteiger partial charge in [0, 0.05) is 29.1 Å². The van der Waals surface area contributed by atoms with E-state index in [1.54, 1.807) is 0 Å². The minimum absolute atomic E-state index is 0.202. The number of hydrogen-bond acceptors (Lipinski definition) is 2. The van der Waals surface area contributed by atoms with Crippen LogP contribution in [0.25, 0.3) is 0 Å². The van der Waals surface area contributed by atoms with Gasteiger partial charge >= 0.3 is 5.97 Å². The summed E-state index contributed by atoms with van der Waals surface area (Å²) >= 11 is 6.20. The van der Waals surface area contributed by atoms with Gasteiger partial charge in [-0.25, -0.2) is 4.79 Å². The van der Waals surface area contributed by atoms with Crippen LogP contribution in [0.5, 0.6) is 0 Å². The summed E-state index contributed by atoms with van der Waals surface area (Å²) in [6.07, 6.45) is 6.53. The van der Waals surface area contributed by atoms with E-state index >= 15 is 0 Å². The number of nitrogens with zero attached hydrogens (tertiary/aromatic N) is 1. The summed E-state index contributed by atoms with van der Waals surface area (Å²) in [5.74, 6) is -0.0250. The topological polar surface area (TPSA) is 40.5 Å². The smallest absolute Gasteiger partial charge is 0.335 e. The molecule has 3 aromatic carbocycles. The maximum Gasteiger partial charge on any atom is 0.335 e. The van der Waals surface area contributed by atoms with Gasteiger partial charge in [0.05, 0.1) is 11.6 Å². The number of carboxylic acids is 1. The van der Waals surface area contributed by atoms with E-state index in [9.17, 15) is 9.90 Å². The first-order chi connectivity index (χ1) is 15.6. The SMILES string of the molecule is O=C(O)c1cc2c3c(c1)C1C=CCC1C(c1ccc(Cl)cc1)N3CCC2c1ccccc1. The van der Waals surface area contributed by atoms with Crippen LogP contribution in [0.2, 0.25) is 5.02 Å². The van der Waals surface area contributed by atoms with Gasteiger partial charge < -0.3 is 10.0 Å². The first kappa shape index (κ1) is 19.6. The van der Waals surface area contributed by atoms with Crippen LogP contribution in [0.15, 0.2) is 78.9 Å². The highest BCUT2D eigenvalue weighted by Gasteiger charge is 2.45. The van der Waals surface area contributed by atoms with Crippen LogP contribution < -0.4 is 4.90 Å². The zero-order chi connectivity index (χ0) is 21.8. The molecule has 0 fully saturated rings. The Morgan fingerprint density at radius 1 is 0.969 bits per heavy atom. The monoisotopic (exact) mass is 441 g/mol. The Kier molecular flexibility index (Phi) is 4.62. The van der Waals surface area contributed by atoms with E-state index in [0.29, 0.717) is 11.5 Å². The average molecular weight is 442 g/mol. The van der Waals surface area contributed by atoms with Crippen molar-refractivity contribution in [2.45, 2.75) is 30.7 Å². The van der Waals surface area contributed by atoms with Crippen LogP contribution in [-0.4, -0.2) is 17.6 Å². The Morgan fingerprint density at radius 2 is 1.72 bits per heavy atom. The van der Waals surface area contributed by atoms with Gasteiger partial charge in [0.1, 0.15) is 0 Å². The first-order valence-corrected chi connectivity index (χ1v) is 11.6. The molecule has 3 aliphatic rings. The number of aromatic carboxylic acids is 1. The number of carboxylic acid groups (broad SMARTS) is 1. The molecule has 3 nitrogen and oxygen atoms in total. The third-order valence-electron chi connectivity index (χ3n) is 7.46. The Morgan fingerprint density at radius 3 is 2.47 bits per heavy atom. The summed E-state index contributed by atoms with van der Waals surface area (Å²) in [5.41, 5.74) is 6.49. The molecule has 0 spiro atoms. The van der Waals surface area contributed by atoms with Crippen molar-refractivity contribution in [1.29, 1.82) is 0 Å². The molecule has 32 heavy (non-hydrogen) atoms. The summed E-state index contributed by atoms with van der Waals surface area (Å²) in [7, 11) is 0. The van der Waals surface area contributed by atoms with Gasteiger partial charge in [0.25, 0.3) is 0 Å². The maximum atomic E-state index is 12.1. The molecule has 1 N–H and O–H groups in total. The van der Waals surface area contributed by atoms with Gasteiger partial charge in [0.2, 0.25) is 0 Å². The third kappa shape index (κ3) is 2.99. The molecular formula is C28H24ClNO2. The molecule has 1 aliphatic carbocycles. The molecule has 0 amide bonds. The summed E-state index contributed by atoms with van der Waals surface area (Å²) in [4.78, 5) is 14.6. The Labute approximate surface area is 193 Å². The lowest BCUT2D eigenvalue weighted by Crippen LogP contribution is -2.43. The van der Waals surface area contributed by atoms with Gasteiger partial charge in [-0.05, 0) is 65.3 Å².